The lowest BCUT2D eigenvalue weighted by Gasteiger charge is -2.33. The van der Waals surface area contributed by atoms with Crippen molar-refractivity contribution in [1.29, 1.82) is 5.26 Å². The molecule has 25 heavy (non-hydrogen) atoms. The summed E-state index contributed by atoms with van der Waals surface area (Å²) in [4.78, 5) is 30.8. The Morgan fingerprint density at radius 3 is 2.76 bits per heavy atom. The molecule has 3 heterocycles. The number of piperidine rings is 1. The molecule has 0 aliphatic carbocycles. The van der Waals surface area contributed by atoms with Crippen molar-refractivity contribution in [1.82, 2.24) is 25.3 Å². The molecule has 9 heteroatoms. The second-order valence-electron chi connectivity index (χ2n) is 5.53. The number of rotatable bonds is 4. The van der Waals surface area contributed by atoms with Crippen LogP contribution in [0.25, 0.3) is 0 Å². The Hall–Kier alpha value is -2.73. The number of thioether (sulfide) groups is 1. The van der Waals surface area contributed by atoms with E-state index in [1.54, 1.807) is 6.20 Å². The molecule has 1 aliphatic heterocycles. The molecule has 0 saturated carbocycles. The Kier molecular flexibility index (Phi) is 5.40. The van der Waals surface area contributed by atoms with E-state index in [0.29, 0.717) is 35.3 Å². The zero-order valence-corrected chi connectivity index (χ0v) is 14.5. The van der Waals surface area contributed by atoms with Gasteiger partial charge in [0.05, 0.1) is 12.4 Å². The summed E-state index contributed by atoms with van der Waals surface area (Å²) >= 11 is 1.44. The number of amides is 1. The highest BCUT2D eigenvalue weighted by atomic mass is 32.2. The van der Waals surface area contributed by atoms with Crippen molar-refractivity contribution < 1.29 is 4.79 Å². The lowest BCUT2D eigenvalue weighted by Crippen LogP contribution is -2.45. The minimum atomic E-state index is -0.212. The first-order valence-corrected chi connectivity index (χ1v) is 9.06. The van der Waals surface area contributed by atoms with Gasteiger partial charge in [-0.15, -0.1) is 0 Å². The number of hydrogen-bond donors (Lipinski definition) is 1. The maximum absolute atomic E-state index is 12.2. The maximum atomic E-state index is 12.2. The number of nitrogens with one attached hydrogen (secondary N) is 1. The summed E-state index contributed by atoms with van der Waals surface area (Å²) in [6, 6.07) is 2.22. The van der Waals surface area contributed by atoms with Crippen LogP contribution in [0.5, 0.6) is 0 Å². The fourth-order valence-corrected chi connectivity index (χ4v) is 3.02. The van der Waals surface area contributed by atoms with Gasteiger partial charge in [-0.05, 0) is 19.1 Å². The molecule has 1 aliphatic rings. The van der Waals surface area contributed by atoms with Gasteiger partial charge in [0.1, 0.15) is 17.3 Å². The van der Waals surface area contributed by atoms with Crippen LogP contribution in [0.15, 0.2) is 29.9 Å². The minimum Gasteiger partial charge on any atom is -0.355 e. The molecule has 8 nitrogen and oxygen atoms in total. The zero-order chi connectivity index (χ0) is 17.6. The van der Waals surface area contributed by atoms with Gasteiger partial charge in [0.15, 0.2) is 11.0 Å². The lowest BCUT2D eigenvalue weighted by molar-refractivity contribution is 0.0925. The fourth-order valence-electron chi connectivity index (χ4n) is 2.69. The summed E-state index contributed by atoms with van der Waals surface area (Å²) in [6.07, 6.45) is 9.50. The molecule has 1 amide bonds. The zero-order valence-electron chi connectivity index (χ0n) is 13.7. The topological polar surface area (TPSA) is 108 Å². The molecule has 0 spiro atoms. The molecule has 0 bridgehead atoms. The molecule has 128 valence electrons. The van der Waals surface area contributed by atoms with Crippen molar-refractivity contribution in [2.75, 3.05) is 24.2 Å². The van der Waals surface area contributed by atoms with Crippen LogP contribution >= 0.6 is 11.8 Å². The van der Waals surface area contributed by atoms with Crippen molar-refractivity contribution in [3.8, 4) is 6.07 Å². The Morgan fingerprint density at radius 2 is 2.12 bits per heavy atom. The van der Waals surface area contributed by atoms with Crippen molar-refractivity contribution >= 4 is 23.5 Å². The van der Waals surface area contributed by atoms with Gasteiger partial charge in [-0.3, -0.25) is 9.78 Å². The number of carbonyl (C=O) groups is 1. The first-order chi connectivity index (χ1) is 12.2. The highest BCUT2D eigenvalue weighted by Crippen LogP contribution is 2.23. The average Bonchev–Trinajstić information content (AvgIpc) is 2.68. The molecular formula is C16H17N7OS. The standard InChI is InChI=1S/C16H17N7OS/c1-25-16-20-9-11(8-17)14(22-16)23-6-2-12(3-7-23)21-15(24)13-10-18-4-5-19-13/h4-5,9-10,12H,2-3,6-7H2,1H3,(H,21,24). The van der Waals surface area contributed by atoms with E-state index in [4.69, 9.17) is 0 Å². The van der Waals surface area contributed by atoms with Crippen LogP contribution in [0, 0.1) is 11.3 Å². The molecule has 2 aromatic rings. The second-order valence-corrected chi connectivity index (χ2v) is 6.30. The molecule has 1 fully saturated rings. The van der Waals surface area contributed by atoms with E-state index in [-0.39, 0.29) is 11.9 Å². The normalized spacial score (nSPS) is 14.8. The van der Waals surface area contributed by atoms with Crippen LogP contribution in [0.2, 0.25) is 0 Å². The van der Waals surface area contributed by atoms with Gasteiger partial charge in [-0.1, -0.05) is 11.8 Å². The van der Waals surface area contributed by atoms with Crippen LogP contribution in [0.1, 0.15) is 28.9 Å². The average molecular weight is 355 g/mol. The van der Waals surface area contributed by atoms with Crippen LogP contribution in [-0.2, 0) is 0 Å². The third-order valence-electron chi connectivity index (χ3n) is 3.98. The van der Waals surface area contributed by atoms with Gasteiger partial charge in [-0.25, -0.2) is 15.0 Å². The summed E-state index contributed by atoms with van der Waals surface area (Å²) in [7, 11) is 0. The predicted octanol–water partition coefficient (Wildman–Crippen LogP) is 1.26. The molecular weight excluding hydrogens is 338 g/mol. The largest absolute Gasteiger partial charge is 0.355 e. The minimum absolute atomic E-state index is 0.0677. The Labute approximate surface area is 149 Å². The van der Waals surface area contributed by atoms with Gasteiger partial charge >= 0.3 is 0 Å². The lowest BCUT2D eigenvalue weighted by atomic mass is 10.0. The Bertz CT molecular complexity index is 785. The molecule has 3 rings (SSSR count). The van der Waals surface area contributed by atoms with Crippen molar-refractivity contribution in [2.45, 2.75) is 24.0 Å². The number of hydrogen-bond acceptors (Lipinski definition) is 8. The van der Waals surface area contributed by atoms with E-state index in [1.165, 1.54) is 30.4 Å². The molecule has 0 radical (unpaired) electrons. The van der Waals surface area contributed by atoms with Gasteiger partial charge in [0.25, 0.3) is 5.91 Å². The van der Waals surface area contributed by atoms with E-state index in [1.807, 2.05) is 6.26 Å². The van der Waals surface area contributed by atoms with Crippen molar-refractivity contribution in [3.05, 3.63) is 36.0 Å². The summed E-state index contributed by atoms with van der Waals surface area (Å²) < 4.78 is 0. The van der Waals surface area contributed by atoms with Crippen LogP contribution in [0.3, 0.4) is 0 Å². The molecule has 0 unspecified atom stereocenters. The number of aromatic nitrogens is 4. The molecule has 0 aromatic carbocycles. The van der Waals surface area contributed by atoms with E-state index < -0.39 is 0 Å². The van der Waals surface area contributed by atoms with Gasteiger partial charge in [-0.2, -0.15) is 5.26 Å². The van der Waals surface area contributed by atoms with Crippen molar-refractivity contribution in [3.63, 3.8) is 0 Å². The number of nitrogens with zero attached hydrogens (tertiary/aromatic N) is 6. The van der Waals surface area contributed by atoms with E-state index in [0.717, 1.165) is 12.8 Å². The first-order valence-electron chi connectivity index (χ1n) is 7.84. The predicted molar refractivity (Wildman–Crippen MR) is 93.3 cm³/mol. The number of anilines is 1. The van der Waals surface area contributed by atoms with Crippen LogP contribution in [-0.4, -0.2) is 51.2 Å². The molecule has 1 saturated heterocycles. The maximum Gasteiger partial charge on any atom is 0.271 e. The van der Waals surface area contributed by atoms with Crippen molar-refractivity contribution in [2.24, 2.45) is 0 Å². The van der Waals surface area contributed by atoms with E-state index in [2.05, 4.69) is 36.2 Å². The number of carbonyl (C=O) groups excluding carboxylic acids is 1. The first kappa shape index (κ1) is 17.1. The summed E-state index contributed by atoms with van der Waals surface area (Å²) in [6.45, 7) is 1.43. The third kappa shape index (κ3) is 4.03. The molecule has 0 atom stereocenters. The Morgan fingerprint density at radius 1 is 1.32 bits per heavy atom. The summed E-state index contributed by atoms with van der Waals surface area (Å²) in [5, 5.41) is 12.9. The Balaban J connectivity index is 1.63. The smallest absolute Gasteiger partial charge is 0.271 e. The highest BCUT2D eigenvalue weighted by Gasteiger charge is 2.24. The summed E-state index contributed by atoms with van der Waals surface area (Å²) in [5.41, 5.74) is 0.789. The quantitative estimate of drug-likeness (QED) is 0.645. The third-order valence-corrected chi connectivity index (χ3v) is 4.54. The van der Waals surface area contributed by atoms with Crippen LogP contribution < -0.4 is 10.2 Å². The van der Waals surface area contributed by atoms with E-state index >= 15 is 0 Å². The van der Waals surface area contributed by atoms with Crippen LogP contribution in [0.4, 0.5) is 5.82 Å². The van der Waals surface area contributed by atoms with E-state index in [9.17, 15) is 10.1 Å². The number of nitriles is 1. The second kappa shape index (κ2) is 7.90. The van der Waals surface area contributed by atoms with Gasteiger partial charge < -0.3 is 10.2 Å². The highest BCUT2D eigenvalue weighted by molar-refractivity contribution is 7.98. The fraction of sp³-hybridized carbons (Fsp3) is 0.375. The monoisotopic (exact) mass is 355 g/mol. The van der Waals surface area contributed by atoms with Gasteiger partial charge in [0.2, 0.25) is 0 Å². The molecule has 1 N–H and O–H groups in total. The summed E-state index contributed by atoms with van der Waals surface area (Å²) in [5.74, 6) is 0.455. The molecule has 2 aromatic heterocycles. The van der Waals surface area contributed by atoms with Gasteiger partial charge in [0, 0.05) is 31.5 Å². The SMILES string of the molecule is CSc1ncc(C#N)c(N2CCC(NC(=O)c3cnccn3)CC2)n1.